The van der Waals surface area contributed by atoms with E-state index in [4.69, 9.17) is 25.7 Å². The normalized spacial score (nSPS) is 23.3. The van der Waals surface area contributed by atoms with Crippen LogP contribution in [0.15, 0.2) is 36.7 Å². The second-order valence-electron chi connectivity index (χ2n) is 4.85. The van der Waals surface area contributed by atoms with Crippen LogP contribution < -0.4 is 25.7 Å². The summed E-state index contributed by atoms with van der Waals surface area (Å²) in [6.45, 7) is 0. The molecule has 2 heterocycles. The van der Waals surface area contributed by atoms with E-state index < -0.39 is 11.8 Å². The van der Waals surface area contributed by atoms with Gasteiger partial charge in [-0.25, -0.2) is 0 Å². The van der Waals surface area contributed by atoms with Gasteiger partial charge in [0.25, 0.3) is 0 Å². The van der Waals surface area contributed by atoms with Gasteiger partial charge in [-0.2, -0.15) is 0 Å². The summed E-state index contributed by atoms with van der Waals surface area (Å²) in [5.41, 5.74) is 13.3. The number of rotatable bonds is 3. The molecule has 2 unspecified atom stereocenters. The molecule has 1 aromatic carbocycles. The zero-order valence-corrected chi connectivity index (χ0v) is 11.9. The van der Waals surface area contributed by atoms with Crippen molar-refractivity contribution in [3.05, 3.63) is 47.8 Å². The monoisotopic (exact) mass is 287 g/mol. The fourth-order valence-electron chi connectivity index (χ4n) is 2.64. The van der Waals surface area contributed by atoms with Gasteiger partial charge in [0, 0.05) is 23.4 Å². The van der Waals surface area contributed by atoms with Crippen molar-refractivity contribution in [2.24, 2.45) is 11.5 Å². The van der Waals surface area contributed by atoms with Crippen molar-refractivity contribution in [2.45, 2.75) is 11.8 Å². The Labute approximate surface area is 122 Å². The van der Waals surface area contributed by atoms with Gasteiger partial charge < -0.3 is 19.9 Å². The molecule has 1 aliphatic rings. The standard InChI is InChI=1S/C15H17N3O3/c1-19-9-3-4-10(12(7-9)20-2)15(17)11-5-6-18-8-13(11)21-14(15)16/h3-8,14H,16-17H2,1-2H3. The largest absolute Gasteiger partial charge is 0.497 e. The first kappa shape index (κ1) is 13.7. The first-order valence-electron chi connectivity index (χ1n) is 6.49. The second kappa shape index (κ2) is 4.91. The highest BCUT2D eigenvalue weighted by atomic mass is 16.5. The van der Waals surface area contributed by atoms with Gasteiger partial charge in [0.1, 0.15) is 22.8 Å². The molecule has 110 valence electrons. The van der Waals surface area contributed by atoms with E-state index in [1.807, 2.05) is 18.2 Å². The van der Waals surface area contributed by atoms with Gasteiger partial charge in [0.05, 0.1) is 20.4 Å². The third-order valence-electron chi connectivity index (χ3n) is 3.79. The number of ether oxygens (including phenoxy) is 3. The fraction of sp³-hybridized carbons (Fsp3) is 0.267. The lowest BCUT2D eigenvalue weighted by Crippen LogP contribution is -2.52. The third-order valence-corrected chi connectivity index (χ3v) is 3.79. The van der Waals surface area contributed by atoms with Crippen LogP contribution in [0.25, 0.3) is 0 Å². The number of methoxy groups -OCH3 is 2. The molecule has 1 aromatic heterocycles. The maximum absolute atomic E-state index is 6.60. The molecule has 0 bridgehead atoms. The molecular weight excluding hydrogens is 270 g/mol. The van der Waals surface area contributed by atoms with E-state index in [0.717, 1.165) is 11.1 Å². The van der Waals surface area contributed by atoms with Crippen LogP contribution in [0, 0.1) is 0 Å². The van der Waals surface area contributed by atoms with Gasteiger partial charge in [-0.05, 0) is 18.2 Å². The summed E-state index contributed by atoms with van der Waals surface area (Å²) >= 11 is 0. The summed E-state index contributed by atoms with van der Waals surface area (Å²) in [6.07, 6.45) is 2.55. The predicted octanol–water partition coefficient (Wildman–Crippen LogP) is 0.978. The van der Waals surface area contributed by atoms with Gasteiger partial charge in [0.15, 0.2) is 6.23 Å². The molecule has 6 nitrogen and oxygen atoms in total. The zero-order valence-electron chi connectivity index (χ0n) is 11.9. The van der Waals surface area contributed by atoms with Crippen molar-refractivity contribution < 1.29 is 14.2 Å². The third kappa shape index (κ3) is 1.91. The predicted molar refractivity (Wildman–Crippen MR) is 77.4 cm³/mol. The van der Waals surface area contributed by atoms with Crippen molar-refractivity contribution in [1.82, 2.24) is 4.98 Å². The lowest BCUT2D eigenvalue weighted by atomic mass is 9.83. The molecule has 21 heavy (non-hydrogen) atoms. The zero-order chi connectivity index (χ0) is 15.0. The van der Waals surface area contributed by atoms with Gasteiger partial charge in [-0.3, -0.25) is 10.7 Å². The number of aromatic nitrogens is 1. The van der Waals surface area contributed by atoms with Gasteiger partial charge in [-0.1, -0.05) is 0 Å². The van der Waals surface area contributed by atoms with Gasteiger partial charge >= 0.3 is 0 Å². The lowest BCUT2D eigenvalue weighted by Gasteiger charge is -2.29. The first-order chi connectivity index (χ1) is 10.1. The Morgan fingerprint density at radius 3 is 2.71 bits per heavy atom. The second-order valence-corrected chi connectivity index (χ2v) is 4.85. The van der Waals surface area contributed by atoms with E-state index in [-0.39, 0.29) is 0 Å². The Hall–Kier alpha value is -2.31. The smallest absolute Gasteiger partial charge is 0.174 e. The number of hydrogen-bond donors (Lipinski definition) is 2. The Balaban J connectivity index is 2.19. The average molecular weight is 287 g/mol. The molecule has 0 radical (unpaired) electrons. The summed E-state index contributed by atoms with van der Waals surface area (Å²) in [5, 5.41) is 0. The van der Waals surface area contributed by atoms with Crippen molar-refractivity contribution in [3.63, 3.8) is 0 Å². The Morgan fingerprint density at radius 2 is 2.00 bits per heavy atom. The molecule has 1 aliphatic heterocycles. The highest BCUT2D eigenvalue weighted by molar-refractivity contribution is 5.55. The maximum atomic E-state index is 6.60. The highest BCUT2D eigenvalue weighted by Gasteiger charge is 2.47. The number of pyridine rings is 1. The van der Waals surface area contributed by atoms with Gasteiger partial charge in [-0.15, -0.1) is 0 Å². The Bertz CT molecular complexity index is 677. The van der Waals surface area contributed by atoms with E-state index in [1.54, 1.807) is 32.7 Å². The fourth-order valence-corrected chi connectivity index (χ4v) is 2.64. The van der Waals surface area contributed by atoms with Gasteiger partial charge in [0.2, 0.25) is 0 Å². The Kier molecular flexibility index (Phi) is 3.19. The van der Waals surface area contributed by atoms with Crippen LogP contribution in [-0.4, -0.2) is 25.4 Å². The molecule has 3 rings (SSSR count). The van der Waals surface area contributed by atoms with Crippen LogP contribution in [-0.2, 0) is 5.54 Å². The molecule has 2 atom stereocenters. The van der Waals surface area contributed by atoms with E-state index in [9.17, 15) is 0 Å². The minimum atomic E-state index is -1.00. The summed E-state index contributed by atoms with van der Waals surface area (Å²) in [7, 11) is 3.18. The van der Waals surface area contributed by atoms with Crippen molar-refractivity contribution in [1.29, 1.82) is 0 Å². The SMILES string of the molecule is COc1ccc(C2(N)c3ccncc3OC2N)c(OC)c1. The molecule has 6 heteroatoms. The molecule has 0 amide bonds. The van der Waals surface area contributed by atoms with E-state index >= 15 is 0 Å². The quantitative estimate of drug-likeness (QED) is 0.874. The average Bonchev–Trinajstić information content (AvgIpc) is 2.79. The minimum absolute atomic E-state index is 0.588. The van der Waals surface area contributed by atoms with Crippen molar-refractivity contribution >= 4 is 0 Å². The molecule has 0 saturated heterocycles. The molecule has 0 fully saturated rings. The number of benzene rings is 1. The van der Waals surface area contributed by atoms with Crippen LogP contribution in [0.4, 0.5) is 0 Å². The van der Waals surface area contributed by atoms with Crippen LogP contribution in [0.5, 0.6) is 17.2 Å². The topological polar surface area (TPSA) is 92.6 Å². The maximum Gasteiger partial charge on any atom is 0.174 e. The highest BCUT2D eigenvalue weighted by Crippen LogP contribution is 2.45. The summed E-state index contributed by atoms with van der Waals surface area (Å²) in [5.74, 6) is 1.87. The summed E-state index contributed by atoms with van der Waals surface area (Å²) in [4.78, 5) is 4.03. The minimum Gasteiger partial charge on any atom is -0.497 e. The Morgan fingerprint density at radius 1 is 1.19 bits per heavy atom. The van der Waals surface area contributed by atoms with Crippen molar-refractivity contribution in [3.8, 4) is 17.2 Å². The van der Waals surface area contributed by atoms with Crippen LogP contribution in [0.2, 0.25) is 0 Å². The lowest BCUT2D eigenvalue weighted by molar-refractivity contribution is 0.175. The molecule has 4 N–H and O–H groups in total. The van der Waals surface area contributed by atoms with E-state index in [1.165, 1.54) is 0 Å². The number of hydrogen-bond acceptors (Lipinski definition) is 6. The van der Waals surface area contributed by atoms with E-state index in [2.05, 4.69) is 4.98 Å². The molecular formula is C15H17N3O3. The molecule has 0 aliphatic carbocycles. The molecule has 0 saturated carbocycles. The summed E-state index contributed by atoms with van der Waals surface area (Å²) in [6, 6.07) is 7.25. The van der Waals surface area contributed by atoms with E-state index in [0.29, 0.717) is 17.2 Å². The number of nitrogens with two attached hydrogens (primary N) is 2. The van der Waals surface area contributed by atoms with Crippen LogP contribution in [0.3, 0.4) is 0 Å². The number of fused-ring (bicyclic) bond motifs is 1. The number of nitrogens with zero attached hydrogens (tertiary/aromatic N) is 1. The van der Waals surface area contributed by atoms with Crippen LogP contribution in [0.1, 0.15) is 11.1 Å². The first-order valence-corrected chi connectivity index (χ1v) is 6.49. The van der Waals surface area contributed by atoms with Crippen LogP contribution >= 0.6 is 0 Å². The molecule has 2 aromatic rings. The summed E-state index contributed by atoms with van der Waals surface area (Å²) < 4.78 is 16.3. The van der Waals surface area contributed by atoms with Crippen molar-refractivity contribution in [2.75, 3.05) is 14.2 Å². The molecule has 0 spiro atoms.